The number of para-hydroxylation sites is 1. The van der Waals surface area contributed by atoms with Gasteiger partial charge >= 0.3 is 0 Å². The van der Waals surface area contributed by atoms with E-state index in [0.29, 0.717) is 33.9 Å². The van der Waals surface area contributed by atoms with E-state index in [2.05, 4.69) is 4.98 Å². The Morgan fingerprint density at radius 1 is 1.24 bits per heavy atom. The molecule has 0 bridgehead atoms. The number of thioether (sulfide) groups is 1. The molecule has 4 rings (SSSR count). The average molecular weight is 410 g/mol. The highest BCUT2D eigenvalue weighted by atomic mass is 32.2. The Morgan fingerprint density at radius 2 is 2.03 bits per heavy atom. The van der Waals surface area contributed by atoms with Crippen molar-refractivity contribution in [3.63, 3.8) is 0 Å². The summed E-state index contributed by atoms with van der Waals surface area (Å²) in [6.45, 7) is 1.18. The Morgan fingerprint density at radius 3 is 2.76 bits per heavy atom. The number of carbonyl (C=O) groups is 1. The van der Waals surface area contributed by atoms with Crippen LogP contribution in [0.3, 0.4) is 0 Å². The number of methoxy groups -OCH3 is 1. The van der Waals surface area contributed by atoms with E-state index >= 15 is 0 Å². The average Bonchev–Trinajstić information content (AvgIpc) is 3.27. The zero-order valence-corrected chi connectivity index (χ0v) is 17.0. The van der Waals surface area contributed by atoms with Gasteiger partial charge in [-0.3, -0.25) is 14.2 Å². The molecule has 0 saturated carbocycles. The third-order valence-corrected chi connectivity index (χ3v) is 5.96. The van der Waals surface area contributed by atoms with E-state index in [0.717, 1.165) is 19.4 Å². The molecule has 1 aliphatic rings. The summed E-state index contributed by atoms with van der Waals surface area (Å²) in [4.78, 5) is 30.4. The summed E-state index contributed by atoms with van der Waals surface area (Å²) < 4.78 is 12.5. The maximum atomic E-state index is 13.1. The van der Waals surface area contributed by atoms with Crippen LogP contribution in [0.25, 0.3) is 10.9 Å². The van der Waals surface area contributed by atoms with Crippen LogP contribution in [-0.2, 0) is 11.3 Å². The van der Waals surface area contributed by atoms with E-state index in [9.17, 15) is 9.59 Å². The van der Waals surface area contributed by atoms with Crippen molar-refractivity contribution in [3.8, 4) is 5.75 Å². The minimum Gasteiger partial charge on any atom is -0.497 e. The Hall–Kier alpha value is -2.64. The van der Waals surface area contributed by atoms with Gasteiger partial charge in [-0.1, -0.05) is 23.9 Å². The summed E-state index contributed by atoms with van der Waals surface area (Å²) >= 11 is 1.29. The summed E-state index contributed by atoms with van der Waals surface area (Å²) in [6, 6.07) is 14.3. The fourth-order valence-corrected chi connectivity index (χ4v) is 4.30. The zero-order valence-electron chi connectivity index (χ0n) is 16.2. The first-order chi connectivity index (χ1) is 14.2. The molecule has 150 valence electrons. The number of Topliss-reactive ketones (excluding diaryl/α,β-unsaturated/α-hetero) is 1. The second kappa shape index (κ2) is 8.80. The number of ketones is 1. The minimum absolute atomic E-state index is 0.00676. The maximum Gasteiger partial charge on any atom is 0.262 e. The molecular formula is C22H22N2O4S. The molecule has 1 saturated heterocycles. The van der Waals surface area contributed by atoms with Crippen molar-refractivity contribution in [2.45, 2.75) is 30.6 Å². The number of hydrogen-bond donors (Lipinski definition) is 0. The summed E-state index contributed by atoms with van der Waals surface area (Å²) in [6.07, 6.45) is 1.93. The van der Waals surface area contributed by atoms with E-state index < -0.39 is 0 Å². The number of fused-ring (bicyclic) bond motifs is 1. The molecule has 1 fully saturated rings. The van der Waals surface area contributed by atoms with Crippen LogP contribution in [0.5, 0.6) is 5.75 Å². The van der Waals surface area contributed by atoms with Gasteiger partial charge in [-0.2, -0.15) is 0 Å². The third-order valence-electron chi connectivity index (χ3n) is 4.98. The molecule has 3 aromatic rings. The highest BCUT2D eigenvalue weighted by Crippen LogP contribution is 2.22. The van der Waals surface area contributed by atoms with Crippen LogP contribution < -0.4 is 10.3 Å². The van der Waals surface area contributed by atoms with Gasteiger partial charge in [0.2, 0.25) is 0 Å². The van der Waals surface area contributed by atoms with Crippen molar-refractivity contribution >= 4 is 28.4 Å². The monoisotopic (exact) mass is 410 g/mol. The Kier molecular flexibility index (Phi) is 5.97. The normalized spacial score (nSPS) is 16.2. The molecule has 1 aromatic heterocycles. The van der Waals surface area contributed by atoms with Gasteiger partial charge in [0.05, 0.1) is 36.4 Å². The first kappa shape index (κ1) is 19.7. The fourth-order valence-electron chi connectivity index (χ4n) is 3.40. The number of benzene rings is 2. The number of aromatic nitrogens is 2. The number of hydrogen-bond acceptors (Lipinski definition) is 6. The SMILES string of the molecule is COc1ccc(C(=O)CSc2nc3ccccc3c(=O)n2C[C@@H]2CCCO2)cc1. The van der Waals surface area contributed by atoms with E-state index in [1.807, 2.05) is 18.2 Å². The lowest BCUT2D eigenvalue weighted by Crippen LogP contribution is -2.29. The molecule has 2 heterocycles. The number of rotatable bonds is 7. The molecule has 0 spiro atoms. The second-order valence-electron chi connectivity index (χ2n) is 6.90. The van der Waals surface area contributed by atoms with Crippen LogP contribution in [0, 0.1) is 0 Å². The van der Waals surface area contributed by atoms with Crippen molar-refractivity contribution in [3.05, 3.63) is 64.4 Å². The smallest absolute Gasteiger partial charge is 0.262 e. The van der Waals surface area contributed by atoms with Crippen LogP contribution in [-0.4, -0.2) is 40.9 Å². The molecule has 0 amide bonds. The first-order valence-corrected chi connectivity index (χ1v) is 10.6. The maximum absolute atomic E-state index is 13.1. The van der Waals surface area contributed by atoms with Crippen LogP contribution >= 0.6 is 11.8 Å². The summed E-state index contributed by atoms with van der Waals surface area (Å²) in [5.74, 6) is 0.877. The lowest BCUT2D eigenvalue weighted by Gasteiger charge is -2.16. The van der Waals surface area contributed by atoms with Crippen LogP contribution in [0.4, 0.5) is 0 Å². The summed E-state index contributed by atoms with van der Waals surface area (Å²) in [7, 11) is 1.59. The predicted octanol–water partition coefficient (Wildman–Crippen LogP) is 3.56. The molecule has 6 nitrogen and oxygen atoms in total. The molecule has 0 radical (unpaired) electrons. The van der Waals surface area contributed by atoms with Gasteiger partial charge in [-0.25, -0.2) is 4.98 Å². The van der Waals surface area contributed by atoms with Gasteiger partial charge in [0, 0.05) is 12.2 Å². The summed E-state index contributed by atoms with van der Waals surface area (Å²) in [5.41, 5.74) is 1.15. The fraction of sp³-hybridized carbons (Fsp3) is 0.318. The van der Waals surface area contributed by atoms with Gasteiger partial charge in [-0.05, 0) is 49.2 Å². The highest BCUT2D eigenvalue weighted by Gasteiger charge is 2.20. The van der Waals surface area contributed by atoms with E-state index in [-0.39, 0.29) is 23.2 Å². The van der Waals surface area contributed by atoms with Crippen molar-refractivity contribution < 1.29 is 14.3 Å². The molecule has 7 heteroatoms. The molecule has 0 N–H and O–H groups in total. The van der Waals surface area contributed by atoms with Gasteiger partial charge in [0.1, 0.15) is 5.75 Å². The molecule has 29 heavy (non-hydrogen) atoms. The van der Waals surface area contributed by atoms with Crippen molar-refractivity contribution in [1.82, 2.24) is 9.55 Å². The quantitative estimate of drug-likeness (QED) is 0.337. The molecule has 1 aliphatic heterocycles. The zero-order chi connectivity index (χ0) is 20.2. The predicted molar refractivity (Wildman–Crippen MR) is 113 cm³/mol. The van der Waals surface area contributed by atoms with E-state index in [1.54, 1.807) is 42.0 Å². The van der Waals surface area contributed by atoms with Gasteiger partial charge in [-0.15, -0.1) is 0 Å². The molecule has 0 aliphatic carbocycles. The topological polar surface area (TPSA) is 70.4 Å². The van der Waals surface area contributed by atoms with Crippen molar-refractivity contribution in [2.75, 3.05) is 19.5 Å². The second-order valence-corrected chi connectivity index (χ2v) is 7.85. The Bertz CT molecular complexity index is 1070. The Labute approximate surface area is 172 Å². The third kappa shape index (κ3) is 4.36. The summed E-state index contributed by atoms with van der Waals surface area (Å²) in [5, 5.41) is 1.13. The van der Waals surface area contributed by atoms with E-state index in [4.69, 9.17) is 9.47 Å². The number of carbonyl (C=O) groups excluding carboxylic acids is 1. The van der Waals surface area contributed by atoms with Crippen molar-refractivity contribution in [1.29, 1.82) is 0 Å². The lowest BCUT2D eigenvalue weighted by atomic mass is 10.1. The first-order valence-electron chi connectivity index (χ1n) is 9.57. The highest BCUT2D eigenvalue weighted by molar-refractivity contribution is 7.99. The number of ether oxygens (including phenoxy) is 2. The standard InChI is InChI=1S/C22H22N2O4S/c1-27-16-10-8-15(9-11-16)20(25)14-29-22-23-19-7-3-2-6-18(19)21(26)24(22)13-17-5-4-12-28-17/h2-3,6-11,17H,4-5,12-14H2,1H3/t17-/m0/s1. The van der Waals surface area contributed by atoms with Gasteiger partial charge in [0.15, 0.2) is 10.9 Å². The van der Waals surface area contributed by atoms with Gasteiger partial charge in [0.25, 0.3) is 5.56 Å². The van der Waals surface area contributed by atoms with Crippen LogP contribution in [0.2, 0.25) is 0 Å². The van der Waals surface area contributed by atoms with Gasteiger partial charge < -0.3 is 9.47 Å². The molecule has 1 atom stereocenters. The molecule has 2 aromatic carbocycles. The minimum atomic E-state index is -0.0921. The lowest BCUT2D eigenvalue weighted by molar-refractivity contribution is 0.0937. The van der Waals surface area contributed by atoms with Crippen molar-refractivity contribution in [2.24, 2.45) is 0 Å². The molecule has 0 unspecified atom stereocenters. The van der Waals surface area contributed by atoms with E-state index in [1.165, 1.54) is 11.8 Å². The van der Waals surface area contributed by atoms with Crippen LogP contribution in [0.15, 0.2) is 58.5 Å². The molecular weight excluding hydrogens is 388 g/mol. The Balaban J connectivity index is 1.60. The number of nitrogens with zero attached hydrogens (tertiary/aromatic N) is 2. The van der Waals surface area contributed by atoms with Crippen LogP contribution in [0.1, 0.15) is 23.2 Å². The largest absolute Gasteiger partial charge is 0.497 e.